The Morgan fingerprint density at radius 3 is 0.971 bits per heavy atom. The van der Waals surface area contributed by atoms with Crippen LogP contribution in [0.3, 0.4) is 0 Å². The van der Waals surface area contributed by atoms with Crippen LogP contribution in [0.2, 0.25) is 0 Å². The highest BCUT2D eigenvalue weighted by Crippen LogP contribution is 2.50. The van der Waals surface area contributed by atoms with E-state index in [1.165, 1.54) is 19.3 Å². The Morgan fingerprint density at radius 1 is 0.333 bits per heavy atom. The summed E-state index contributed by atoms with van der Waals surface area (Å²) in [5.74, 6) is 2.65. The van der Waals surface area contributed by atoms with E-state index in [-0.39, 0.29) is 94.0 Å². The summed E-state index contributed by atoms with van der Waals surface area (Å²) in [6.45, 7) is 5.81. The summed E-state index contributed by atoms with van der Waals surface area (Å²) in [7, 11) is 0. The summed E-state index contributed by atoms with van der Waals surface area (Å²) in [5.41, 5.74) is 8.79. The van der Waals surface area contributed by atoms with E-state index in [2.05, 4.69) is 11.8 Å². The summed E-state index contributed by atoms with van der Waals surface area (Å²) < 4.78 is 40.2. The molecule has 17 rings (SSSR count). The van der Waals surface area contributed by atoms with Crippen LogP contribution in [0, 0.1) is 0 Å². The molecule has 0 atom stereocenters. The lowest BCUT2D eigenvalue weighted by atomic mass is 9.97. The molecule has 8 heterocycles. The lowest BCUT2D eigenvalue weighted by molar-refractivity contribution is 0.103. The summed E-state index contributed by atoms with van der Waals surface area (Å²) in [6, 6.07) is 24.1. The second kappa shape index (κ2) is 28.3. The number of fused-ring (bicyclic) bond motifs is 18. The normalized spacial score (nSPS) is 14.6. The van der Waals surface area contributed by atoms with Gasteiger partial charge in [0, 0.05) is 104 Å². The van der Waals surface area contributed by atoms with Crippen LogP contribution in [0.1, 0.15) is 152 Å². The van der Waals surface area contributed by atoms with E-state index < -0.39 is 0 Å². The number of carbonyl (C=O) groups is 3. The molecule has 0 radical (unpaired) electrons. The first-order valence-corrected chi connectivity index (χ1v) is 34.9. The molecule has 0 unspecified atom stereocenters. The number of hydrogen-bond donors (Lipinski definition) is 6. The summed E-state index contributed by atoms with van der Waals surface area (Å²) in [5, 5.41) is 61.4. The van der Waals surface area contributed by atoms with E-state index in [9.17, 15) is 59.4 Å². The molecule has 1 saturated heterocycles. The highest BCUT2D eigenvalue weighted by atomic mass is 16.7. The molecule has 23 heteroatoms. The minimum absolute atomic E-state index is 0.0878. The van der Waals surface area contributed by atoms with Gasteiger partial charge in [-0.15, -0.1) is 0 Å². The molecule has 526 valence electrons. The zero-order valence-corrected chi connectivity index (χ0v) is 56.4. The number of rotatable bonds is 20. The number of aryl methyl sites for hydroxylation is 1. The van der Waals surface area contributed by atoms with Crippen molar-refractivity contribution >= 4 is 49.7 Å². The molecule has 7 aliphatic rings. The number of benzene rings is 6. The molecule has 0 saturated carbocycles. The van der Waals surface area contributed by atoms with E-state index in [1.807, 2.05) is 29.1 Å². The van der Waals surface area contributed by atoms with Crippen molar-refractivity contribution in [3.8, 4) is 68.3 Å². The van der Waals surface area contributed by atoms with Crippen molar-refractivity contribution in [3.05, 3.63) is 195 Å². The summed E-state index contributed by atoms with van der Waals surface area (Å²) in [6.07, 6.45) is 14.3. The van der Waals surface area contributed by atoms with Gasteiger partial charge >= 0.3 is 0 Å². The molecule has 0 bridgehead atoms. The van der Waals surface area contributed by atoms with Gasteiger partial charge in [-0.1, -0.05) is 39.0 Å². The van der Waals surface area contributed by atoms with E-state index in [0.29, 0.717) is 193 Å². The van der Waals surface area contributed by atoms with Crippen molar-refractivity contribution in [2.75, 3.05) is 40.0 Å². The fourth-order valence-electron chi connectivity index (χ4n) is 15.6. The fraction of sp³-hybridized carbons (Fsp3) is 0.342. The minimum atomic E-state index is -0.314. The number of carbonyl (C=O) groups excluding carboxylic acids is 3. The van der Waals surface area contributed by atoms with Crippen LogP contribution < -0.4 is 45.1 Å². The van der Waals surface area contributed by atoms with Gasteiger partial charge in [0.2, 0.25) is 20.4 Å². The van der Waals surface area contributed by atoms with Gasteiger partial charge in [-0.25, -0.2) is 0 Å². The number of nitrogens with zero attached hydrogens (tertiary/aromatic N) is 5. The SMILES string of the molecule is CCCCCCCn1c2c(c3cc(CO)c(CO)cc3c1=O)C(=O)c1cc3c(cc1-2)OCO3.O=C1c2cc3c(cc2-c2c1c1cc(CO)c(CO)cc1c(=O)n2CCCN1CCCCC1)OCO3.O=C1c2cc3c(cc2-c2c1c1cc(CO)c(CO)cc1c(=O)n2CCCn1cccc1)OCO3. The average molecular weight is 1380 g/mol. The third-order valence-corrected chi connectivity index (χ3v) is 20.8. The van der Waals surface area contributed by atoms with E-state index in [1.54, 1.807) is 86.5 Å². The molecule has 0 spiro atoms. The predicted octanol–water partition coefficient (Wildman–Crippen LogP) is 9.52. The average Bonchev–Trinajstić information content (AvgIpc) is 1.55. The number of aromatic nitrogens is 4. The third kappa shape index (κ3) is 11.7. The Hall–Kier alpha value is -10.2. The van der Waals surface area contributed by atoms with Crippen molar-refractivity contribution in [2.45, 2.75) is 137 Å². The van der Waals surface area contributed by atoms with Crippen LogP contribution in [-0.2, 0) is 65.8 Å². The topological polar surface area (TPSA) is 302 Å². The zero-order chi connectivity index (χ0) is 70.6. The third-order valence-electron chi connectivity index (χ3n) is 20.8. The Balaban J connectivity index is 0.000000124. The first-order valence-electron chi connectivity index (χ1n) is 34.9. The molecule has 102 heavy (non-hydrogen) atoms. The molecule has 4 aromatic heterocycles. The molecule has 6 N–H and O–H groups in total. The Labute approximate surface area is 584 Å². The molecule has 0 amide bonds. The van der Waals surface area contributed by atoms with E-state index in [0.717, 1.165) is 64.7 Å². The molecule has 10 aromatic rings. The molecule has 23 nitrogen and oxygen atoms in total. The highest BCUT2D eigenvalue weighted by molar-refractivity contribution is 6.29. The van der Waals surface area contributed by atoms with Gasteiger partial charge in [0.15, 0.2) is 51.8 Å². The minimum Gasteiger partial charge on any atom is -0.454 e. The van der Waals surface area contributed by atoms with Gasteiger partial charge < -0.3 is 82.2 Å². The van der Waals surface area contributed by atoms with Crippen LogP contribution in [0.5, 0.6) is 34.5 Å². The number of ether oxygens (including phenoxy) is 6. The second-order valence-electron chi connectivity index (χ2n) is 26.7. The maximum Gasteiger partial charge on any atom is 0.258 e. The largest absolute Gasteiger partial charge is 0.454 e. The number of pyridine rings is 3. The lowest BCUT2D eigenvalue weighted by Crippen LogP contribution is -2.32. The first kappa shape index (κ1) is 67.6. The van der Waals surface area contributed by atoms with Crippen molar-refractivity contribution in [1.82, 2.24) is 23.2 Å². The van der Waals surface area contributed by atoms with Gasteiger partial charge in [0.25, 0.3) is 16.7 Å². The van der Waals surface area contributed by atoms with Gasteiger partial charge in [0.1, 0.15) is 0 Å². The fourth-order valence-corrected chi connectivity index (χ4v) is 15.6. The zero-order valence-electron chi connectivity index (χ0n) is 56.4. The lowest BCUT2D eigenvalue weighted by Gasteiger charge is -2.26. The smallest absolute Gasteiger partial charge is 0.258 e. The van der Waals surface area contributed by atoms with Crippen molar-refractivity contribution in [3.63, 3.8) is 0 Å². The van der Waals surface area contributed by atoms with Crippen LogP contribution in [-0.4, -0.2) is 111 Å². The number of ketones is 3. The van der Waals surface area contributed by atoms with Crippen LogP contribution in [0.25, 0.3) is 66.1 Å². The summed E-state index contributed by atoms with van der Waals surface area (Å²) >= 11 is 0. The molecular weight excluding hydrogens is 1310 g/mol. The van der Waals surface area contributed by atoms with Crippen LogP contribution in [0.4, 0.5) is 0 Å². The maximum absolute atomic E-state index is 13.8. The van der Waals surface area contributed by atoms with E-state index in [4.69, 9.17) is 28.4 Å². The van der Waals surface area contributed by atoms with Crippen LogP contribution >= 0.6 is 0 Å². The number of likely N-dealkylation sites (tertiary alicyclic amines) is 1. The van der Waals surface area contributed by atoms with Crippen molar-refractivity contribution < 1.29 is 73.4 Å². The first-order chi connectivity index (χ1) is 49.8. The number of hydrogen-bond acceptors (Lipinski definition) is 19. The molecule has 3 aliphatic carbocycles. The molecule has 1 fully saturated rings. The quantitative estimate of drug-likeness (QED) is 0.0387. The Morgan fingerprint density at radius 2 is 0.637 bits per heavy atom. The van der Waals surface area contributed by atoms with Crippen molar-refractivity contribution in [1.29, 1.82) is 0 Å². The molecule has 6 aromatic carbocycles. The molecular formula is C79H77N5O18. The Kier molecular flexibility index (Phi) is 18.7. The highest BCUT2D eigenvalue weighted by Gasteiger charge is 2.39. The van der Waals surface area contributed by atoms with Gasteiger partial charge in [-0.3, -0.25) is 28.8 Å². The second-order valence-corrected chi connectivity index (χ2v) is 26.7. The molecule has 4 aliphatic heterocycles. The van der Waals surface area contributed by atoms with E-state index >= 15 is 0 Å². The monoisotopic (exact) mass is 1380 g/mol. The van der Waals surface area contributed by atoms with Crippen LogP contribution in [0.15, 0.2) is 112 Å². The number of aliphatic hydroxyl groups is 6. The summed E-state index contributed by atoms with van der Waals surface area (Å²) in [4.78, 5) is 84.7. The van der Waals surface area contributed by atoms with Gasteiger partial charge in [-0.2, -0.15) is 0 Å². The number of unbranched alkanes of at least 4 members (excludes halogenated alkanes) is 4. The maximum atomic E-state index is 13.8. The predicted molar refractivity (Wildman–Crippen MR) is 378 cm³/mol. The van der Waals surface area contributed by atoms with Gasteiger partial charge in [0.05, 0.1) is 73.4 Å². The Bertz CT molecular complexity index is 5270. The van der Waals surface area contributed by atoms with Crippen molar-refractivity contribution in [2.24, 2.45) is 0 Å². The number of piperidine rings is 1. The van der Waals surface area contributed by atoms with Gasteiger partial charge in [-0.05, 0) is 170 Å². The standard InChI is InChI=1S/C27H28N2O6.C26H22N2O6.C26H27NO6/c30-13-16-9-18-21(10-17(16)14-31)27(33)29(8-4-7-28-5-2-1-3-6-28)25-19-11-22-23(35-15-34-22)12-20(19)26(32)24(18)25;29-12-15-8-17-20(9-16(15)13-30)26(32)28(7-3-6-27-4-1-2-5-27)24-18-10-21-22(34-14-33-21)11-19(18)25(31)23(17)24;1-2-3-4-5-6-7-27-24-18-10-21-22(33-14-32-21)11-19(18)25(30)23(24)17-8-15(12-28)16(13-29)9-20(17)26(27)31/h9-12,30-31H,1-8,13-15H2;1-2,4-5,8-11,29-30H,3,6-7,12-14H2;8-11,28-29H,2-7,12-14H2,1H3. The number of aliphatic hydroxyl groups excluding tert-OH is 6.